The number of nitro groups is 1. The van der Waals surface area contributed by atoms with Gasteiger partial charge >= 0.3 is 0 Å². The lowest BCUT2D eigenvalue weighted by atomic mass is 9.88. The summed E-state index contributed by atoms with van der Waals surface area (Å²) < 4.78 is 0.730. The van der Waals surface area contributed by atoms with Crippen molar-refractivity contribution in [3.05, 3.63) is 38.3 Å². The van der Waals surface area contributed by atoms with Crippen molar-refractivity contribution in [3.63, 3.8) is 0 Å². The zero-order valence-corrected chi connectivity index (χ0v) is 13.2. The SMILES string of the molecule is CN1CCCCC(CN)C1c1ccc(Br)cc1[N+](=O)[O-]. The highest BCUT2D eigenvalue weighted by Gasteiger charge is 2.32. The van der Waals surface area contributed by atoms with Gasteiger partial charge in [0.25, 0.3) is 5.69 Å². The highest BCUT2D eigenvalue weighted by molar-refractivity contribution is 9.10. The zero-order valence-electron chi connectivity index (χ0n) is 11.6. The van der Waals surface area contributed by atoms with Crippen LogP contribution >= 0.6 is 15.9 Å². The van der Waals surface area contributed by atoms with Gasteiger partial charge in [0.2, 0.25) is 0 Å². The minimum absolute atomic E-state index is 0.0241. The van der Waals surface area contributed by atoms with Crippen LogP contribution in [0, 0.1) is 16.0 Å². The molecule has 1 heterocycles. The average molecular weight is 342 g/mol. The monoisotopic (exact) mass is 341 g/mol. The molecule has 1 saturated heterocycles. The van der Waals surface area contributed by atoms with Crippen molar-refractivity contribution in [2.24, 2.45) is 11.7 Å². The summed E-state index contributed by atoms with van der Waals surface area (Å²) in [6.45, 7) is 1.51. The number of nitro benzene ring substituents is 1. The van der Waals surface area contributed by atoms with Crippen molar-refractivity contribution >= 4 is 21.6 Å². The Labute approximate surface area is 127 Å². The molecule has 1 aromatic rings. The Kier molecular flexibility index (Phi) is 5.12. The van der Waals surface area contributed by atoms with Crippen LogP contribution in [0.5, 0.6) is 0 Å². The Morgan fingerprint density at radius 2 is 2.25 bits per heavy atom. The van der Waals surface area contributed by atoms with Crippen molar-refractivity contribution < 1.29 is 4.92 Å². The standard InChI is InChI=1S/C14H20BrN3O2/c1-17-7-3-2-4-10(9-16)14(17)12-6-5-11(15)8-13(12)18(19)20/h5-6,8,10,14H,2-4,7,9,16H2,1H3. The summed E-state index contributed by atoms with van der Waals surface area (Å²) in [4.78, 5) is 13.2. The van der Waals surface area contributed by atoms with Crippen molar-refractivity contribution in [2.45, 2.75) is 25.3 Å². The fourth-order valence-electron chi connectivity index (χ4n) is 3.09. The van der Waals surface area contributed by atoms with Gasteiger partial charge in [-0.1, -0.05) is 22.4 Å². The Morgan fingerprint density at radius 1 is 1.50 bits per heavy atom. The molecule has 2 N–H and O–H groups in total. The van der Waals surface area contributed by atoms with E-state index in [-0.39, 0.29) is 22.6 Å². The van der Waals surface area contributed by atoms with Crippen LogP contribution in [0.1, 0.15) is 30.9 Å². The first kappa shape index (κ1) is 15.4. The second kappa shape index (κ2) is 6.65. The van der Waals surface area contributed by atoms with Crippen molar-refractivity contribution in [1.29, 1.82) is 0 Å². The Balaban J connectivity index is 2.47. The summed E-state index contributed by atoms with van der Waals surface area (Å²) in [5.74, 6) is 0.266. The summed E-state index contributed by atoms with van der Waals surface area (Å²) in [7, 11) is 2.03. The van der Waals surface area contributed by atoms with E-state index in [0.717, 1.165) is 35.8 Å². The van der Waals surface area contributed by atoms with Crippen LogP contribution in [-0.2, 0) is 0 Å². The van der Waals surface area contributed by atoms with Gasteiger partial charge in [0, 0.05) is 22.1 Å². The quantitative estimate of drug-likeness (QED) is 0.677. The number of nitrogens with zero attached hydrogens (tertiary/aromatic N) is 2. The van der Waals surface area contributed by atoms with Gasteiger partial charge in [-0.3, -0.25) is 15.0 Å². The minimum Gasteiger partial charge on any atom is -0.330 e. The van der Waals surface area contributed by atoms with Gasteiger partial charge in [0.1, 0.15) is 0 Å². The van der Waals surface area contributed by atoms with Crippen molar-refractivity contribution in [3.8, 4) is 0 Å². The first-order valence-electron chi connectivity index (χ1n) is 6.88. The second-order valence-electron chi connectivity index (χ2n) is 5.38. The molecule has 0 amide bonds. The first-order chi connectivity index (χ1) is 9.54. The molecule has 2 rings (SSSR count). The van der Waals surface area contributed by atoms with E-state index in [1.807, 2.05) is 19.2 Å². The molecule has 2 unspecified atom stereocenters. The van der Waals surface area contributed by atoms with E-state index in [4.69, 9.17) is 5.73 Å². The number of nitrogens with two attached hydrogens (primary N) is 1. The van der Waals surface area contributed by atoms with Gasteiger partial charge in [-0.05, 0) is 51.0 Å². The van der Waals surface area contributed by atoms with Crippen LogP contribution in [0.4, 0.5) is 5.69 Å². The van der Waals surface area contributed by atoms with E-state index in [1.165, 1.54) is 0 Å². The van der Waals surface area contributed by atoms with Crippen LogP contribution in [0.3, 0.4) is 0 Å². The largest absolute Gasteiger partial charge is 0.330 e. The summed E-state index contributed by atoms with van der Waals surface area (Å²) in [6.07, 6.45) is 3.28. The van der Waals surface area contributed by atoms with Gasteiger partial charge in [0.15, 0.2) is 0 Å². The third-order valence-electron chi connectivity index (χ3n) is 4.07. The fraction of sp³-hybridized carbons (Fsp3) is 0.571. The number of halogens is 1. The van der Waals surface area contributed by atoms with Crippen LogP contribution in [0.15, 0.2) is 22.7 Å². The third kappa shape index (κ3) is 3.19. The van der Waals surface area contributed by atoms with E-state index < -0.39 is 0 Å². The van der Waals surface area contributed by atoms with Crippen LogP contribution in [0.2, 0.25) is 0 Å². The molecule has 0 aliphatic carbocycles. The van der Waals surface area contributed by atoms with Gasteiger partial charge in [-0.25, -0.2) is 0 Å². The van der Waals surface area contributed by atoms with E-state index in [0.29, 0.717) is 6.54 Å². The molecule has 1 aromatic carbocycles. The molecule has 1 fully saturated rings. The normalized spacial score (nSPS) is 24.4. The molecule has 2 atom stereocenters. The molecule has 5 nitrogen and oxygen atoms in total. The van der Waals surface area contributed by atoms with Gasteiger partial charge in [-0.2, -0.15) is 0 Å². The molecular formula is C14H20BrN3O2. The first-order valence-corrected chi connectivity index (χ1v) is 7.68. The summed E-state index contributed by atoms with van der Waals surface area (Å²) >= 11 is 3.31. The molecule has 0 bridgehead atoms. The number of hydrogen-bond acceptors (Lipinski definition) is 4. The number of hydrogen-bond donors (Lipinski definition) is 1. The fourth-order valence-corrected chi connectivity index (χ4v) is 3.44. The van der Waals surface area contributed by atoms with Crippen LogP contribution in [-0.4, -0.2) is 30.0 Å². The molecule has 1 aliphatic heterocycles. The molecule has 0 aromatic heterocycles. The molecule has 110 valence electrons. The van der Waals surface area contributed by atoms with E-state index in [9.17, 15) is 10.1 Å². The smallest absolute Gasteiger partial charge is 0.275 e. The minimum atomic E-state index is -0.299. The molecule has 1 aliphatic rings. The summed E-state index contributed by atoms with van der Waals surface area (Å²) in [6, 6.07) is 5.34. The molecule has 6 heteroatoms. The number of rotatable bonds is 3. The van der Waals surface area contributed by atoms with E-state index >= 15 is 0 Å². The lowest BCUT2D eigenvalue weighted by Crippen LogP contribution is -2.33. The maximum atomic E-state index is 11.3. The lowest BCUT2D eigenvalue weighted by molar-refractivity contribution is -0.386. The maximum Gasteiger partial charge on any atom is 0.275 e. The predicted molar refractivity (Wildman–Crippen MR) is 82.6 cm³/mol. The topological polar surface area (TPSA) is 72.4 Å². The Hall–Kier alpha value is -0.980. The molecule has 20 heavy (non-hydrogen) atoms. The number of likely N-dealkylation sites (tertiary alicyclic amines) is 1. The van der Waals surface area contributed by atoms with Crippen LogP contribution < -0.4 is 5.73 Å². The number of benzene rings is 1. The van der Waals surface area contributed by atoms with Gasteiger partial charge in [-0.15, -0.1) is 0 Å². The molecular weight excluding hydrogens is 322 g/mol. The van der Waals surface area contributed by atoms with Crippen molar-refractivity contribution in [2.75, 3.05) is 20.1 Å². The predicted octanol–water partition coefficient (Wildman–Crippen LogP) is 3.09. The zero-order chi connectivity index (χ0) is 14.7. The van der Waals surface area contributed by atoms with E-state index in [2.05, 4.69) is 20.8 Å². The Morgan fingerprint density at radius 3 is 2.90 bits per heavy atom. The average Bonchev–Trinajstić information content (AvgIpc) is 2.60. The molecule has 0 saturated carbocycles. The third-order valence-corrected chi connectivity index (χ3v) is 4.56. The highest BCUT2D eigenvalue weighted by Crippen LogP contribution is 2.38. The highest BCUT2D eigenvalue weighted by atomic mass is 79.9. The van der Waals surface area contributed by atoms with Gasteiger partial charge in [0.05, 0.1) is 4.92 Å². The summed E-state index contributed by atoms with van der Waals surface area (Å²) in [5.41, 5.74) is 6.87. The molecule has 0 radical (unpaired) electrons. The lowest BCUT2D eigenvalue weighted by Gasteiger charge is -2.31. The second-order valence-corrected chi connectivity index (χ2v) is 6.29. The Bertz CT molecular complexity index is 495. The molecule has 0 spiro atoms. The van der Waals surface area contributed by atoms with E-state index in [1.54, 1.807) is 6.07 Å². The maximum absolute atomic E-state index is 11.3. The van der Waals surface area contributed by atoms with Crippen molar-refractivity contribution in [1.82, 2.24) is 4.90 Å². The van der Waals surface area contributed by atoms with Crippen LogP contribution in [0.25, 0.3) is 0 Å². The van der Waals surface area contributed by atoms with Gasteiger partial charge < -0.3 is 5.73 Å². The summed E-state index contributed by atoms with van der Waals surface area (Å²) in [5, 5.41) is 11.3.